The lowest BCUT2D eigenvalue weighted by Crippen LogP contribution is -2.43. The number of carboxylic acids is 1. The quantitative estimate of drug-likeness (QED) is 0.194. The molecule has 3 N–H and O–H groups in total. The predicted molar refractivity (Wildman–Crippen MR) is 144 cm³/mol. The van der Waals surface area contributed by atoms with Gasteiger partial charge in [0.05, 0.1) is 6.54 Å². The topological polar surface area (TPSA) is 135 Å². The van der Waals surface area contributed by atoms with Crippen LogP contribution in [-0.4, -0.2) is 38.6 Å². The van der Waals surface area contributed by atoms with Gasteiger partial charge in [0.1, 0.15) is 11.7 Å². The van der Waals surface area contributed by atoms with E-state index in [1.807, 2.05) is 0 Å². The van der Waals surface area contributed by atoms with E-state index in [1.54, 1.807) is 6.07 Å². The highest BCUT2D eigenvalue weighted by atomic mass is 32.1. The minimum Gasteiger partial charge on any atom is -0.478 e. The van der Waals surface area contributed by atoms with E-state index in [9.17, 15) is 24.0 Å². The Morgan fingerprint density at radius 1 is 1.32 bits per heavy atom. The Bertz CT molecular complexity index is 1160. The van der Waals surface area contributed by atoms with Crippen molar-refractivity contribution in [2.75, 3.05) is 5.32 Å². The smallest absolute Gasteiger partial charge is 0.327 e. The number of carbonyl (C=O) groups excluding carboxylic acids is 3. The molecular formula is C27H35N3O6S. The average molecular weight is 530 g/mol. The van der Waals surface area contributed by atoms with Crippen molar-refractivity contribution < 1.29 is 24.3 Å². The molecule has 1 saturated carbocycles. The number of carboxylic acid groups (broad SMARTS) is 1. The Balaban J connectivity index is 1.69. The molecule has 2 aliphatic carbocycles. The molecule has 3 rings (SSSR count). The number of ketones is 1. The van der Waals surface area contributed by atoms with Crippen molar-refractivity contribution in [2.24, 2.45) is 11.3 Å². The fourth-order valence-electron chi connectivity index (χ4n) is 5.60. The number of thiol groups is 1. The van der Waals surface area contributed by atoms with E-state index in [2.05, 4.69) is 36.3 Å². The molecule has 0 aromatic carbocycles. The standard InChI is InChI=1S/C27H35N3O6S/c1-18-11-12-19-7-4-5-13-27(19,15-18)16-20(31)17-30-14-6-9-22(25(30)35)28-24(34)21(29-26(36)37)8-2-3-10-23(32)33/h3,6-7,9-10,14,18,21H,2,4-5,8,11-13,15-17H2,1H3,(H,28,34)(H,32,33)(H2,29,36,37)/b10-3+. The van der Waals surface area contributed by atoms with Gasteiger partial charge in [0.15, 0.2) is 5.78 Å². The van der Waals surface area contributed by atoms with Gasteiger partial charge in [0.25, 0.3) is 10.8 Å². The van der Waals surface area contributed by atoms with Gasteiger partial charge in [0.2, 0.25) is 5.91 Å². The molecule has 37 heavy (non-hydrogen) atoms. The first-order valence-electron chi connectivity index (χ1n) is 12.7. The number of hydrogen-bond acceptors (Lipinski definition) is 5. The first-order chi connectivity index (χ1) is 17.6. The highest BCUT2D eigenvalue weighted by Crippen LogP contribution is 2.51. The van der Waals surface area contributed by atoms with Crippen LogP contribution in [0.15, 0.2) is 46.9 Å². The number of aromatic nitrogens is 1. The Morgan fingerprint density at radius 3 is 2.84 bits per heavy atom. The van der Waals surface area contributed by atoms with Crippen molar-refractivity contribution in [3.05, 3.63) is 52.5 Å². The third kappa shape index (κ3) is 7.92. The zero-order chi connectivity index (χ0) is 27.0. The van der Waals surface area contributed by atoms with Gasteiger partial charge in [0, 0.05) is 18.7 Å². The summed E-state index contributed by atoms with van der Waals surface area (Å²) in [5, 5.41) is 12.9. The Kier molecular flexibility index (Phi) is 9.91. The Hall–Kier alpha value is -3.14. The molecule has 1 aromatic heterocycles. The molecule has 200 valence electrons. The van der Waals surface area contributed by atoms with Crippen LogP contribution in [0, 0.1) is 11.3 Å². The third-order valence-electron chi connectivity index (χ3n) is 7.23. The zero-order valence-corrected chi connectivity index (χ0v) is 22.0. The lowest BCUT2D eigenvalue weighted by molar-refractivity contribution is -0.131. The van der Waals surface area contributed by atoms with Crippen molar-refractivity contribution in [1.29, 1.82) is 0 Å². The monoisotopic (exact) mass is 529 g/mol. The summed E-state index contributed by atoms with van der Waals surface area (Å²) in [6.07, 6.45) is 13.2. The van der Waals surface area contributed by atoms with Crippen LogP contribution in [0.2, 0.25) is 0 Å². The van der Waals surface area contributed by atoms with Crippen molar-refractivity contribution in [1.82, 2.24) is 9.88 Å². The number of fused-ring (bicyclic) bond motifs is 1. The number of nitrogens with zero attached hydrogens (tertiary/aromatic N) is 1. The highest BCUT2D eigenvalue weighted by Gasteiger charge is 2.41. The zero-order valence-electron chi connectivity index (χ0n) is 21.1. The molecule has 0 bridgehead atoms. The van der Waals surface area contributed by atoms with Gasteiger partial charge in [-0.3, -0.25) is 19.2 Å². The summed E-state index contributed by atoms with van der Waals surface area (Å²) in [7, 11) is 0. The highest BCUT2D eigenvalue weighted by molar-refractivity contribution is 7.96. The van der Waals surface area contributed by atoms with Crippen LogP contribution in [0.5, 0.6) is 0 Å². The first-order valence-corrected chi connectivity index (χ1v) is 13.1. The van der Waals surface area contributed by atoms with Crippen LogP contribution in [0.3, 0.4) is 0 Å². The average Bonchev–Trinajstić information content (AvgIpc) is 2.82. The number of allylic oxidation sites excluding steroid dienone is 3. The van der Waals surface area contributed by atoms with Crippen LogP contribution in [0.25, 0.3) is 0 Å². The fourth-order valence-corrected chi connectivity index (χ4v) is 5.76. The minimum absolute atomic E-state index is 0.0116. The summed E-state index contributed by atoms with van der Waals surface area (Å²) in [5.74, 6) is -1.21. The maximum Gasteiger partial charge on any atom is 0.327 e. The molecule has 2 aliphatic rings. The summed E-state index contributed by atoms with van der Waals surface area (Å²) in [6.45, 7) is 2.16. The van der Waals surface area contributed by atoms with E-state index in [-0.39, 0.29) is 36.3 Å². The number of carbonyl (C=O) groups is 4. The van der Waals surface area contributed by atoms with Crippen LogP contribution in [0.1, 0.15) is 64.7 Å². The number of pyridine rings is 1. The van der Waals surface area contributed by atoms with Gasteiger partial charge >= 0.3 is 5.97 Å². The molecule has 0 saturated heterocycles. The van der Waals surface area contributed by atoms with E-state index >= 15 is 0 Å². The van der Waals surface area contributed by atoms with Crippen LogP contribution in [-0.2, 0) is 20.9 Å². The largest absolute Gasteiger partial charge is 0.478 e. The number of anilines is 1. The number of aliphatic carboxylic acids is 1. The third-order valence-corrected chi connectivity index (χ3v) is 7.36. The number of Topliss-reactive ketones (excluding diaryl/α,β-unsaturated/α-hetero) is 1. The maximum atomic E-state index is 13.2. The van der Waals surface area contributed by atoms with Gasteiger partial charge in [-0.2, -0.15) is 0 Å². The SMILES string of the molecule is CC1CCC2=CCCCC2(CC(=O)Cn2cccc(NC(=O)C(CC/C=C/C(=O)O)NC(=O)S)c2=O)C1. The number of hydrogen-bond donors (Lipinski definition) is 4. The molecule has 2 amide bonds. The van der Waals surface area contributed by atoms with Gasteiger partial charge in [-0.15, -0.1) is 0 Å². The molecule has 1 aromatic rings. The molecule has 1 fully saturated rings. The number of amides is 2. The molecule has 10 heteroatoms. The molecule has 0 aliphatic heterocycles. The van der Waals surface area contributed by atoms with Crippen molar-refractivity contribution in [2.45, 2.75) is 77.3 Å². The summed E-state index contributed by atoms with van der Waals surface area (Å²) < 4.78 is 1.30. The summed E-state index contributed by atoms with van der Waals surface area (Å²) in [5.41, 5.74) is 0.770. The summed E-state index contributed by atoms with van der Waals surface area (Å²) in [4.78, 5) is 61.1. The van der Waals surface area contributed by atoms with E-state index in [4.69, 9.17) is 5.11 Å². The molecule has 3 atom stereocenters. The second kappa shape index (κ2) is 12.9. The molecule has 0 spiro atoms. The fraction of sp³-hybridized carbons (Fsp3) is 0.519. The molecule has 0 radical (unpaired) electrons. The molecule has 9 nitrogen and oxygen atoms in total. The first kappa shape index (κ1) is 28.4. The molecule has 3 unspecified atom stereocenters. The van der Waals surface area contributed by atoms with Gasteiger partial charge in [-0.05, 0) is 74.8 Å². The predicted octanol–water partition coefficient (Wildman–Crippen LogP) is 4.09. The van der Waals surface area contributed by atoms with E-state index in [0.29, 0.717) is 12.3 Å². The van der Waals surface area contributed by atoms with E-state index < -0.39 is 28.7 Å². The van der Waals surface area contributed by atoms with Crippen LogP contribution < -0.4 is 16.2 Å². The van der Waals surface area contributed by atoms with Gasteiger partial charge < -0.3 is 20.3 Å². The second-order valence-corrected chi connectivity index (χ2v) is 10.5. The Morgan fingerprint density at radius 2 is 2.11 bits per heavy atom. The minimum atomic E-state index is -1.12. The molecule has 1 heterocycles. The van der Waals surface area contributed by atoms with Gasteiger partial charge in [-0.25, -0.2) is 4.79 Å². The summed E-state index contributed by atoms with van der Waals surface area (Å²) in [6, 6.07) is 2.00. The number of nitrogens with one attached hydrogen (secondary N) is 2. The lowest BCUT2D eigenvalue weighted by Gasteiger charge is -2.44. The summed E-state index contributed by atoms with van der Waals surface area (Å²) >= 11 is 3.65. The van der Waals surface area contributed by atoms with Crippen molar-refractivity contribution in [3.63, 3.8) is 0 Å². The van der Waals surface area contributed by atoms with Crippen LogP contribution in [0.4, 0.5) is 10.5 Å². The second-order valence-electron chi connectivity index (χ2n) is 10.1. The van der Waals surface area contributed by atoms with E-state index in [0.717, 1.165) is 44.6 Å². The Labute approximate surface area is 221 Å². The maximum absolute atomic E-state index is 13.2. The normalized spacial score (nSPS) is 22.0. The lowest BCUT2D eigenvalue weighted by atomic mass is 9.60. The molecular weight excluding hydrogens is 494 g/mol. The van der Waals surface area contributed by atoms with Crippen molar-refractivity contribution in [3.8, 4) is 0 Å². The van der Waals surface area contributed by atoms with Crippen LogP contribution >= 0.6 is 12.6 Å². The number of rotatable bonds is 11. The van der Waals surface area contributed by atoms with Gasteiger partial charge in [-0.1, -0.05) is 37.3 Å². The van der Waals surface area contributed by atoms with Crippen molar-refractivity contribution >= 4 is 41.2 Å². The van der Waals surface area contributed by atoms with E-state index in [1.165, 1.54) is 28.5 Å².